The molecule has 0 atom stereocenters. The number of rotatable bonds is 5. The number of aryl methyl sites for hydroxylation is 2. The molecule has 0 radical (unpaired) electrons. The van der Waals surface area contributed by atoms with E-state index in [-0.39, 0.29) is 22.7 Å². The first-order chi connectivity index (χ1) is 12.3. The maximum atomic E-state index is 12.5. The molecule has 0 spiro atoms. The van der Waals surface area contributed by atoms with E-state index in [1.165, 1.54) is 34.5 Å². The van der Waals surface area contributed by atoms with Gasteiger partial charge in [0.1, 0.15) is 0 Å². The van der Waals surface area contributed by atoms with E-state index in [4.69, 9.17) is 5.11 Å². The van der Waals surface area contributed by atoms with Crippen LogP contribution in [0.25, 0.3) is 10.9 Å². The van der Waals surface area contributed by atoms with E-state index < -0.39 is 5.97 Å². The number of fused-ring (bicyclic) bond motifs is 1. The van der Waals surface area contributed by atoms with Crippen molar-refractivity contribution < 1.29 is 14.7 Å². The lowest BCUT2D eigenvalue weighted by Crippen LogP contribution is -2.20. The van der Waals surface area contributed by atoms with Gasteiger partial charge in [-0.1, -0.05) is 11.8 Å². The summed E-state index contributed by atoms with van der Waals surface area (Å²) in [5.41, 5.74) is 0.795. The average Bonchev–Trinajstić information content (AvgIpc) is 2.94. The molecule has 2 aromatic heterocycles. The van der Waals surface area contributed by atoms with E-state index in [0.717, 1.165) is 9.75 Å². The third-order valence-electron chi connectivity index (χ3n) is 3.96. The van der Waals surface area contributed by atoms with E-state index in [9.17, 15) is 14.4 Å². The summed E-state index contributed by atoms with van der Waals surface area (Å²) in [4.78, 5) is 42.5. The number of hydrogen-bond acceptors (Lipinski definition) is 6. The summed E-state index contributed by atoms with van der Waals surface area (Å²) in [6.07, 6.45) is 0. The van der Waals surface area contributed by atoms with Crippen molar-refractivity contribution in [3.63, 3.8) is 0 Å². The van der Waals surface area contributed by atoms with Crippen LogP contribution in [0.2, 0.25) is 0 Å². The Morgan fingerprint density at radius 2 is 2.00 bits per heavy atom. The van der Waals surface area contributed by atoms with Gasteiger partial charge in [0, 0.05) is 22.4 Å². The Bertz CT molecular complexity index is 1100. The molecule has 26 heavy (non-hydrogen) atoms. The molecule has 0 aliphatic heterocycles. The maximum absolute atomic E-state index is 12.5. The fourth-order valence-electron chi connectivity index (χ4n) is 2.63. The fraction of sp³-hybridized carbons (Fsp3) is 0.222. The third kappa shape index (κ3) is 3.42. The van der Waals surface area contributed by atoms with Gasteiger partial charge in [-0.25, -0.2) is 9.78 Å². The van der Waals surface area contributed by atoms with E-state index >= 15 is 0 Å². The number of Topliss-reactive ketones (excluding diaryl/α,β-unsaturated/α-hetero) is 1. The van der Waals surface area contributed by atoms with Gasteiger partial charge in [-0.15, -0.1) is 11.3 Å². The van der Waals surface area contributed by atoms with Crippen LogP contribution >= 0.6 is 23.1 Å². The van der Waals surface area contributed by atoms with Crippen LogP contribution in [0.15, 0.2) is 34.2 Å². The number of carbonyl (C=O) groups is 2. The molecule has 6 nitrogen and oxygen atoms in total. The second-order valence-corrected chi connectivity index (χ2v) is 8.24. The lowest BCUT2D eigenvalue weighted by Gasteiger charge is -2.09. The molecule has 2 heterocycles. The van der Waals surface area contributed by atoms with Crippen molar-refractivity contribution in [2.75, 3.05) is 5.75 Å². The van der Waals surface area contributed by atoms with Crippen LogP contribution in [0.3, 0.4) is 0 Å². The highest BCUT2D eigenvalue weighted by Gasteiger charge is 2.16. The molecule has 0 amide bonds. The van der Waals surface area contributed by atoms with Crippen LogP contribution in [0.5, 0.6) is 0 Å². The molecule has 8 heteroatoms. The van der Waals surface area contributed by atoms with Crippen LogP contribution < -0.4 is 5.56 Å². The maximum Gasteiger partial charge on any atom is 0.335 e. The highest BCUT2D eigenvalue weighted by molar-refractivity contribution is 7.99. The monoisotopic (exact) mass is 388 g/mol. The van der Waals surface area contributed by atoms with Gasteiger partial charge in [0.2, 0.25) is 0 Å². The van der Waals surface area contributed by atoms with E-state index in [2.05, 4.69) is 4.98 Å². The van der Waals surface area contributed by atoms with Crippen LogP contribution in [0.4, 0.5) is 0 Å². The van der Waals surface area contributed by atoms with E-state index in [1.54, 1.807) is 18.4 Å². The molecule has 0 aliphatic rings. The molecule has 134 valence electrons. The Hall–Kier alpha value is -2.45. The van der Waals surface area contributed by atoms with E-state index in [0.29, 0.717) is 21.6 Å². The highest BCUT2D eigenvalue weighted by atomic mass is 32.2. The van der Waals surface area contributed by atoms with Crippen molar-refractivity contribution >= 4 is 45.8 Å². The van der Waals surface area contributed by atoms with Crippen molar-refractivity contribution in [1.82, 2.24) is 9.55 Å². The van der Waals surface area contributed by atoms with Crippen LogP contribution in [-0.4, -0.2) is 32.2 Å². The van der Waals surface area contributed by atoms with Crippen LogP contribution in [0.1, 0.15) is 30.5 Å². The van der Waals surface area contributed by atoms with Crippen molar-refractivity contribution in [2.24, 2.45) is 7.05 Å². The molecule has 0 fully saturated rings. The molecule has 0 bridgehead atoms. The van der Waals surface area contributed by atoms with Gasteiger partial charge >= 0.3 is 5.97 Å². The first-order valence-electron chi connectivity index (χ1n) is 7.75. The predicted octanol–water partition coefficient (Wildman–Crippen LogP) is 3.29. The number of aromatic nitrogens is 2. The second-order valence-electron chi connectivity index (χ2n) is 5.83. The first-order valence-corrected chi connectivity index (χ1v) is 9.55. The molecule has 0 unspecified atom stereocenters. The van der Waals surface area contributed by atoms with E-state index in [1.807, 2.05) is 19.9 Å². The minimum Gasteiger partial charge on any atom is -0.478 e. The summed E-state index contributed by atoms with van der Waals surface area (Å²) >= 11 is 2.75. The average molecular weight is 388 g/mol. The zero-order chi connectivity index (χ0) is 19.0. The number of carbonyl (C=O) groups excluding carboxylic acids is 1. The SMILES string of the molecule is Cc1cc(C(=O)CSc2nc3cc(C(=O)O)ccc3c(=O)n2C)c(C)s1. The summed E-state index contributed by atoms with van der Waals surface area (Å²) in [5, 5.41) is 9.83. The smallest absolute Gasteiger partial charge is 0.335 e. The molecule has 3 aromatic rings. The lowest BCUT2D eigenvalue weighted by atomic mass is 10.1. The minimum atomic E-state index is -1.08. The highest BCUT2D eigenvalue weighted by Crippen LogP contribution is 2.24. The van der Waals surface area contributed by atoms with Gasteiger partial charge in [-0.2, -0.15) is 0 Å². The summed E-state index contributed by atoms with van der Waals surface area (Å²) in [6, 6.07) is 6.09. The number of ketones is 1. The predicted molar refractivity (Wildman–Crippen MR) is 103 cm³/mol. The number of thioether (sulfide) groups is 1. The van der Waals surface area contributed by atoms with Crippen molar-refractivity contribution in [3.05, 3.63) is 55.5 Å². The second kappa shape index (κ2) is 7.05. The zero-order valence-electron chi connectivity index (χ0n) is 14.4. The number of aromatic carboxylic acids is 1. The minimum absolute atomic E-state index is 0.0227. The Morgan fingerprint density at radius 3 is 2.62 bits per heavy atom. The van der Waals surface area contributed by atoms with Crippen LogP contribution in [-0.2, 0) is 7.05 Å². The largest absolute Gasteiger partial charge is 0.478 e. The Kier molecular flexibility index (Phi) is 4.97. The summed E-state index contributed by atoms with van der Waals surface area (Å²) in [5.74, 6) is -0.950. The molecular weight excluding hydrogens is 372 g/mol. The Labute approximate surface area is 157 Å². The summed E-state index contributed by atoms with van der Waals surface area (Å²) in [7, 11) is 1.59. The standard InChI is InChI=1S/C18H16N2O4S2/c1-9-6-13(10(2)26-9)15(21)8-25-18-19-14-7-11(17(23)24)4-5-12(14)16(22)20(18)3/h4-7H,8H2,1-3H3,(H,23,24). The molecule has 0 saturated carbocycles. The fourth-order valence-corrected chi connectivity index (χ4v) is 4.43. The normalized spacial score (nSPS) is 11.0. The molecule has 0 aliphatic carbocycles. The number of nitrogens with zero attached hydrogens (tertiary/aromatic N) is 2. The topological polar surface area (TPSA) is 89.3 Å². The number of hydrogen-bond donors (Lipinski definition) is 1. The van der Waals surface area contributed by atoms with Gasteiger partial charge in [0.15, 0.2) is 10.9 Å². The zero-order valence-corrected chi connectivity index (χ0v) is 16.0. The molecule has 0 saturated heterocycles. The first kappa shape index (κ1) is 18.3. The molecule has 1 aromatic carbocycles. The quantitative estimate of drug-likeness (QED) is 0.410. The number of benzene rings is 1. The van der Waals surface area contributed by atoms with Gasteiger partial charge in [0.25, 0.3) is 5.56 Å². The van der Waals surface area contributed by atoms with Gasteiger partial charge in [-0.05, 0) is 38.1 Å². The van der Waals surface area contributed by atoms with Gasteiger partial charge in [0.05, 0.1) is 22.2 Å². The van der Waals surface area contributed by atoms with Crippen LogP contribution in [0, 0.1) is 13.8 Å². The molecule has 1 N–H and O–H groups in total. The molecule has 3 rings (SSSR count). The van der Waals surface area contributed by atoms with Crippen molar-refractivity contribution in [3.8, 4) is 0 Å². The Morgan fingerprint density at radius 1 is 1.27 bits per heavy atom. The third-order valence-corrected chi connectivity index (χ3v) is 5.95. The van der Waals surface area contributed by atoms with Gasteiger partial charge < -0.3 is 5.11 Å². The number of carboxylic acids is 1. The van der Waals surface area contributed by atoms with Crippen molar-refractivity contribution in [1.29, 1.82) is 0 Å². The lowest BCUT2D eigenvalue weighted by molar-refractivity contribution is 0.0696. The van der Waals surface area contributed by atoms with Crippen molar-refractivity contribution in [2.45, 2.75) is 19.0 Å². The van der Waals surface area contributed by atoms with Gasteiger partial charge in [-0.3, -0.25) is 14.2 Å². The summed E-state index contributed by atoms with van der Waals surface area (Å²) < 4.78 is 1.38. The summed E-state index contributed by atoms with van der Waals surface area (Å²) in [6.45, 7) is 3.86. The Balaban J connectivity index is 1.93. The number of carboxylic acid groups (broad SMARTS) is 1. The molecular formula is C18H16N2O4S2. The number of thiophene rings is 1.